The summed E-state index contributed by atoms with van der Waals surface area (Å²) in [5.74, 6) is -0.0298. The molecule has 20 heavy (non-hydrogen) atoms. The summed E-state index contributed by atoms with van der Waals surface area (Å²) in [7, 11) is 4.08. The highest BCUT2D eigenvalue weighted by molar-refractivity contribution is 6.00. The van der Waals surface area contributed by atoms with Crippen molar-refractivity contribution in [2.24, 2.45) is 11.7 Å². The Hall–Kier alpha value is -1.62. The van der Waals surface area contributed by atoms with E-state index in [1.165, 1.54) is 6.07 Å². The number of hydrogen-bond donors (Lipinski definition) is 2. The molecular formula is C15H23FN4. The Kier molecular flexibility index (Phi) is 4.60. The predicted molar refractivity (Wildman–Crippen MR) is 80.9 cm³/mol. The number of piperidine rings is 1. The lowest BCUT2D eigenvalue weighted by Crippen LogP contribution is -2.36. The molecule has 110 valence electrons. The Balaban J connectivity index is 2.11. The van der Waals surface area contributed by atoms with Crippen LogP contribution >= 0.6 is 0 Å². The van der Waals surface area contributed by atoms with Gasteiger partial charge in [0.15, 0.2) is 0 Å². The summed E-state index contributed by atoms with van der Waals surface area (Å²) >= 11 is 0. The standard InChI is InChI=1S/C15H23FN4/c1-19-8-6-11(7-9-19)10-20(2)13-5-3-4-12(16)14(13)15(17)18/h3-5,11H,6-10H2,1-2H3,(H3,17,18). The Labute approximate surface area is 119 Å². The number of benzene rings is 1. The largest absolute Gasteiger partial charge is 0.384 e. The van der Waals surface area contributed by atoms with Gasteiger partial charge in [0, 0.05) is 13.6 Å². The number of nitrogens with two attached hydrogens (primary N) is 1. The molecule has 1 aromatic rings. The summed E-state index contributed by atoms with van der Waals surface area (Å²) in [5, 5.41) is 7.56. The smallest absolute Gasteiger partial charge is 0.136 e. The molecule has 1 aliphatic heterocycles. The number of halogens is 1. The summed E-state index contributed by atoms with van der Waals surface area (Å²) in [6.07, 6.45) is 2.32. The molecule has 0 atom stereocenters. The lowest BCUT2D eigenvalue weighted by Gasteiger charge is -2.33. The van der Waals surface area contributed by atoms with Crippen LogP contribution in [0.25, 0.3) is 0 Å². The Morgan fingerprint density at radius 1 is 1.45 bits per heavy atom. The Morgan fingerprint density at radius 2 is 2.10 bits per heavy atom. The first-order valence-corrected chi connectivity index (χ1v) is 7.01. The normalized spacial score (nSPS) is 17.1. The van der Waals surface area contributed by atoms with E-state index in [0.717, 1.165) is 32.5 Å². The molecule has 1 aromatic carbocycles. The first-order valence-electron chi connectivity index (χ1n) is 7.01. The lowest BCUT2D eigenvalue weighted by molar-refractivity contribution is 0.222. The van der Waals surface area contributed by atoms with Crippen LogP contribution < -0.4 is 10.6 Å². The molecule has 0 unspecified atom stereocenters. The van der Waals surface area contributed by atoms with E-state index in [4.69, 9.17) is 11.1 Å². The molecule has 3 N–H and O–H groups in total. The van der Waals surface area contributed by atoms with Gasteiger partial charge in [-0.05, 0) is 51.0 Å². The maximum absolute atomic E-state index is 13.8. The van der Waals surface area contributed by atoms with Gasteiger partial charge in [-0.1, -0.05) is 6.07 Å². The third-order valence-electron chi connectivity index (χ3n) is 4.04. The number of amidine groups is 1. The molecule has 1 heterocycles. The predicted octanol–water partition coefficient (Wildman–Crippen LogP) is 1.89. The minimum Gasteiger partial charge on any atom is -0.384 e. The molecule has 5 heteroatoms. The summed E-state index contributed by atoms with van der Waals surface area (Å²) in [6, 6.07) is 4.85. The number of nitrogens with zero attached hydrogens (tertiary/aromatic N) is 2. The van der Waals surface area contributed by atoms with E-state index in [9.17, 15) is 4.39 Å². The van der Waals surface area contributed by atoms with Crippen molar-refractivity contribution in [3.05, 3.63) is 29.6 Å². The number of rotatable bonds is 4. The van der Waals surface area contributed by atoms with Gasteiger partial charge in [0.05, 0.1) is 11.3 Å². The number of anilines is 1. The van der Waals surface area contributed by atoms with Crippen molar-refractivity contribution in [1.29, 1.82) is 5.41 Å². The molecule has 0 saturated carbocycles. The van der Waals surface area contributed by atoms with E-state index in [0.29, 0.717) is 11.6 Å². The third-order valence-corrected chi connectivity index (χ3v) is 4.04. The second kappa shape index (κ2) is 6.22. The topological polar surface area (TPSA) is 56.4 Å². The molecule has 2 rings (SSSR count). The molecule has 0 radical (unpaired) electrons. The highest BCUT2D eigenvalue weighted by Crippen LogP contribution is 2.25. The molecule has 1 fully saturated rings. The zero-order chi connectivity index (χ0) is 14.7. The van der Waals surface area contributed by atoms with Crippen molar-refractivity contribution < 1.29 is 4.39 Å². The second-order valence-corrected chi connectivity index (χ2v) is 5.67. The first kappa shape index (κ1) is 14.8. The van der Waals surface area contributed by atoms with Gasteiger partial charge in [0.2, 0.25) is 0 Å². The van der Waals surface area contributed by atoms with Crippen molar-refractivity contribution in [2.75, 3.05) is 38.6 Å². The van der Waals surface area contributed by atoms with Gasteiger partial charge in [-0.25, -0.2) is 4.39 Å². The van der Waals surface area contributed by atoms with Crippen molar-refractivity contribution in [3.63, 3.8) is 0 Å². The SMILES string of the molecule is CN1CCC(CN(C)c2cccc(F)c2C(=N)N)CC1. The van der Waals surface area contributed by atoms with E-state index >= 15 is 0 Å². The van der Waals surface area contributed by atoms with Crippen LogP contribution in [0.4, 0.5) is 10.1 Å². The van der Waals surface area contributed by atoms with E-state index in [1.807, 2.05) is 18.0 Å². The fraction of sp³-hybridized carbons (Fsp3) is 0.533. The number of nitrogen functional groups attached to an aromatic ring is 1. The average molecular weight is 278 g/mol. The fourth-order valence-corrected chi connectivity index (χ4v) is 2.83. The minimum absolute atomic E-state index is 0.211. The van der Waals surface area contributed by atoms with Gasteiger partial charge in [0.25, 0.3) is 0 Å². The Bertz CT molecular complexity index is 481. The van der Waals surface area contributed by atoms with Crippen molar-refractivity contribution >= 4 is 11.5 Å². The van der Waals surface area contributed by atoms with Gasteiger partial charge in [-0.3, -0.25) is 5.41 Å². The van der Waals surface area contributed by atoms with Crippen LogP contribution in [-0.4, -0.2) is 44.5 Å². The molecule has 0 bridgehead atoms. The molecular weight excluding hydrogens is 255 g/mol. The molecule has 0 aliphatic carbocycles. The summed E-state index contributed by atoms with van der Waals surface area (Å²) in [4.78, 5) is 4.36. The van der Waals surface area contributed by atoms with E-state index in [2.05, 4.69) is 11.9 Å². The highest BCUT2D eigenvalue weighted by Gasteiger charge is 2.20. The van der Waals surface area contributed by atoms with Crippen LogP contribution in [0, 0.1) is 17.1 Å². The molecule has 1 saturated heterocycles. The van der Waals surface area contributed by atoms with Crippen LogP contribution in [0.5, 0.6) is 0 Å². The van der Waals surface area contributed by atoms with Crippen molar-refractivity contribution in [3.8, 4) is 0 Å². The van der Waals surface area contributed by atoms with E-state index in [1.54, 1.807) is 6.07 Å². The van der Waals surface area contributed by atoms with Gasteiger partial charge < -0.3 is 15.5 Å². The van der Waals surface area contributed by atoms with Crippen LogP contribution in [0.1, 0.15) is 18.4 Å². The highest BCUT2D eigenvalue weighted by atomic mass is 19.1. The zero-order valence-corrected chi connectivity index (χ0v) is 12.2. The summed E-state index contributed by atoms with van der Waals surface area (Å²) in [5.41, 5.74) is 6.43. The van der Waals surface area contributed by atoms with Crippen LogP contribution in [-0.2, 0) is 0 Å². The van der Waals surface area contributed by atoms with Gasteiger partial charge in [0.1, 0.15) is 11.7 Å². The summed E-state index contributed by atoms with van der Waals surface area (Å²) < 4.78 is 13.8. The minimum atomic E-state index is -0.426. The van der Waals surface area contributed by atoms with Gasteiger partial charge >= 0.3 is 0 Å². The summed E-state index contributed by atoms with van der Waals surface area (Å²) in [6.45, 7) is 3.10. The van der Waals surface area contributed by atoms with Crippen molar-refractivity contribution in [2.45, 2.75) is 12.8 Å². The molecule has 4 nitrogen and oxygen atoms in total. The molecule has 0 aromatic heterocycles. The first-order chi connectivity index (χ1) is 9.49. The van der Waals surface area contributed by atoms with Crippen LogP contribution in [0.3, 0.4) is 0 Å². The van der Waals surface area contributed by atoms with Gasteiger partial charge in [-0.2, -0.15) is 0 Å². The van der Waals surface area contributed by atoms with Gasteiger partial charge in [-0.15, -0.1) is 0 Å². The monoisotopic (exact) mass is 278 g/mol. The zero-order valence-electron chi connectivity index (χ0n) is 12.2. The number of hydrogen-bond acceptors (Lipinski definition) is 3. The lowest BCUT2D eigenvalue weighted by atomic mass is 9.96. The Morgan fingerprint density at radius 3 is 2.70 bits per heavy atom. The second-order valence-electron chi connectivity index (χ2n) is 5.67. The van der Waals surface area contributed by atoms with E-state index < -0.39 is 5.82 Å². The molecule has 0 spiro atoms. The maximum Gasteiger partial charge on any atom is 0.136 e. The van der Waals surface area contributed by atoms with E-state index in [-0.39, 0.29) is 11.4 Å². The molecule has 1 aliphatic rings. The number of nitrogens with one attached hydrogen (secondary N) is 1. The molecule has 0 amide bonds. The quantitative estimate of drug-likeness (QED) is 0.653. The number of likely N-dealkylation sites (tertiary alicyclic amines) is 1. The maximum atomic E-state index is 13.8. The van der Waals surface area contributed by atoms with Crippen molar-refractivity contribution in [1.82, 2.24) is 4.90 Å². The fourth-order valence-electron chi connectivity index (χ4n) is 2.83. The average Bonchev–Trinajstić information content (AvgIpc) is 2.40. The third kappa shape index (κ3) is 3.28. The van der Waals surface area contributed by atoms with Crippen LogP contribution in [0.15, 0.2) is 18.2 Å². The van der Waals surface area contributed by atoms with Crippen LogP contribution in [0.2, 0.25) is 0 Å².